The smallest absolute Gasteiger partial charge is 0.397 e. The van der Waals surface area contributed by atoms with Gasteiger partial charge in [0.1, 0.15) is 0 Å². The number of carbonyl (C=O) groups excluding carboxylic acids is 1. The van der Waals surface area contributed by atoms with Gasteiger partial charge in [0.05, 0.1) is 29.0 Å². The van der Waals surface area contributed by atoms with Gasteiger partial charge in [0, 0.05) is 6.61 Å². The van der Waals surface area contributed by atoms with E-state index in [1.807, 2.05) is 6.92 Å². The predicted molar refractivity (Wildman–Crippen MR) is 72.6 cm³/mol. The average molecular weight is 302 g/mol. The Bertz CT molecular complexity index is 531. The summed E-state index contributed by atoms with van der Waals surface area (Å²) in [5.41, 5.74) is 4.83. The molecule has 2 rings (SSSR count). The molecule has 1 fully saturated rings. The first-order valence-electron chi connectivity index (χ1n) is 6.72. The van der Waals surface area contributed by atoms with Crippen molar-refractivity contribution >= 4 is 17.3 Å². The monoisotopic (exact) mass is 302 g/mol. The Labute approximate surface area is 120 Å². The minimum atomic E-state index is -4.46. The van der Waals surface area contributed by atoms with Crippen LogP contribution in [0.1, 0.15) is 25.3 Å². The Morgan fingerprint density at radius 1 is 1.48 bits per heavy atom. The number of benzene rings is 1. The largest absolute Gasteiger partial charge is 0.416 e. The summed E-state index contributed by atoms with van der Waals surface area (Å²) >= 11 is 0. The van der Waals surface area contributed by atoms with Crippen molar-refractivity contribution in [2.24, 2.45) is 5.92 Å². The summed E-state index contributed by atoms with van der Waals surface area (Å²) in [6.45, 7) is 2.43. The summed E-state index contributed by atoms with van der Waals surface area (Å²) in [7, 11) is 0. The van der Waals surface area contributed by atoms with Gasteiger partial charge in [-0.1, -0.05) is 6.92 Å². The van der Waals surface area contributed by atoms with Crippen molar-refractivity contribution < 1.29 is 22.7 Å². The van der Waals surface area contributed by atoms with Crippen LogP contribution in [-0.4, -0.2) is 18.6 Å². The van der Waals surface area contributed by atoms with Gasteiger partial charge in [-0.25, -0.2) is 0 Å². The number of alkyl halides is 3. The Morgan fingerprint density at radius 3 is 2.76 bits per heavy atom. The molecule has 0 bridgehead atoms. The predicted octanol–water partition coefficient (Wildman–Crippen LogP) is 3.04. The summed E-state index contributed by atoms with van der Waals surface area (Å²) in [6, 6.07) is 2.89. The van der Waals surface area contributed by atoms with E-state index < -0.39 is 11.7 Å². The SMILES string of the molecule is CCC1OCCC1C(=O)Nc1ccc(C(F)(F)F)cc1N. The van der Waals surface area contributed by atoms with Gasteiger partial charge in [-0.3, -0.25) is 4.79 Å². The van der Waals surface area contributed by atoms with Crippen LogP contribution in [0.5, 0.6) is 0 Å². The number of halogens is 3. The lowest BCUT2D eigenvalue weighted by Crippen LogP contribution is -2.29. The molecule has 1 amide bonds. The minimum Gasteiger partial charge on any atom is -0.397 e. The fourth-order valence-electron chi connectivity index (χ4n) is 2.43. The highest BCUT2D eigenvalue weighted by molar-refractivity contribution is 5.95. The molecule has 21 heavy (non-hydrogen) atoms. The van der Waals surface area contributed by atoms with Crippen molar-refractivity contribution in [2.75, 3.05) is 17.7 Å². The molecule has 1 heterocycles. The van der Waals surface area contributed by atoms with Gasteiger partial charge in [-0.05, 0) is 31.0 Å². The highest BCUT2D eigenvalue weighted by Gasteiger charge is 2.34. The molecule has 1 aromatic rings. The zero-order valence-corrected chi connectivity index (χ0v) is 11.5. The standard InChI is InChI=1S/C14H17F3N2O2/c1-2-12-9(5-6-21-12)13(20)19-11-4-3-8(7-10(11)18)14(15,16)17/h3-4,7,9,12H,2,5-6,18H2,1H3,(H,19,20). The second kappa shape index (κ2) is 5.93. The minimum absolute atomic E-state index is 0.106. The lowest BCUT2D eigenvalue weighted by molar-refractivity contribution is -0.137. The second-order valence-electron chi connectivity index (χ2n) is 5.00. The molecule has 7 heteroatoms. The second-order valence-corrected chi connectivity index (χ2v) is 5.00. The zero-order chi connectivity index (χ0) is 15.6. The van der Waals surface area contributed by atoms with Crippen molar-refractivity contribution in [3.63, 3.8) is 0 Å². The Balaban J connectivity index is 2.11. The molecular weight excluding hydrogens is 285 g/mol. The maximum Gasteiger partial charge on any atom is 0.416 e. The average Bonchev–Trinajstić information content (AvgIpc) is 2.88. The van der Waals surface area contributed by atoms with Crippen LogP contribution in [-0.2, 0) is 15.7 Å². The quantitative estimate of drug-likeness (QED) is 0.844. The zero-order valence-electron chi connectivity index (χ0n) is 11.5. The molecule has 0 saturated carbocycles. The lowest BCUT2D eigenvalue weighted by atomic mass is 9.98. The first-order valence-corrected chi connectivity index (χ1v) is 6.72. The molecule has 4 nitrogen and oxygen atoms in total. The number of hydrogen-bond donors (Lipinski definition) is 2. The van der Waals surface area contributed by atoms with E-state index in [0.717, 1.165) is 12.1 Å². The summed E-state index contributed by atoms with van der Waals surface area (Å²) in [6.07, 6.45) is -3.30. The molecule has 2 unspecified atom stereocenters. The van der Waals surface area contributed by atoms with E-state index in [2.05, 4.69) is 5.32 Å². The van der Waals surface area contributed by atoms with E-state index in [-0.39, 0.29) is 29.3 Å². The fourth-order valence-corrected chi connectivity index (χ4v) is 2.43. The van der Waals surface area contributed by atoms with E-state index in [1.165, 1.54) is 6.07 Å². The molecule has 2 atom stereocenters. The third-order valence-corrected chi connectivity index (χ3v) is 3.59. The van der Waals surface area contributed by atoms with E-state index in [1.54, 1.807) is 0 Å². The fraction of sp³-hybridized carbons (Fsp3) is 0.500. The van der Waals surface area contributed by atoms with Gasteiger partial charge in [-0.2, -0.15) is 13.2 Å². The number of ether oxygens (including phenoxy) is 1. The topological polar surface area (TPSA) is 64.3 Å². The van der Waals surface area contributed by atoms with Crippen LogP contribution >= 0.6 is 0 Å². The van der Waals surface area contributed by atoms with E-state index in [9.17, 15) is 18.0 Å². The van der Waals surface area contributed by atoms with Gasteiger partial charge >= 0.3 is 6.18 Å². The summed E-state index contributed by atoms with van der Waals surface area (Å²) in [5.74, 6) is -0.567. The molecule has 0 aliphatic carbocycles. The summed E-state index contributed by atoms with van der Waals surface area (Å²) in [4.78, 5) is 12.1. The molecular formula is C14H17F3N2O2. The van der Waals surface area contributed by atoms with Crippen molar-refractivity contribution in [1.82, 2.24) is 0 Å². The molecule has 116 valence electrons. The first kappa shape index (κ1) is 15.6. The van der Waals surface area contributed by atoms with Gasteiger partial charge in [0.25, 0.3) is 0 Å². The highest BCUT2D eigenvalue weighted by atomic mass is 19.4. The third-order valence-electron chi connectivity index (χ3n) is 3.59. The number of amides is 1. The Hall–Kier alpha value is -1.76. The van der Waals surface area contributed by atoms with E-state index in [4.69, 9.17) is 10.5 Å². The number of carbonyl (C=O) groups is 1. The molecule has 0 radical (unpaired) electrons. The maximum atomic E-state index is 12.5. The third kappa shape index (κ3) is 3.47. The van der Waals surface area contributed by atoms with E-state index >= 15 is 0 Å². The van der Waals surface area contributed by atoms with Gasteiger partial charge in [0.2, 0.25) is 5.91 Å². The van der Waals surface area contributed by atoms with Gasteiger partial charge < -0.3 is 15.8 Å². The van der Waals surface area contributed by atoms with Crippen LogP contribution < -0.4 is 11.1 Å². The normalized spacial score (nSPS) is 22.3. The summed E-state index contributed by atoms with van der Waals surface area (Å²) in [5, 5.41) is 2.58. The lowest BCUT2D eigenvalue weighted by Gasteiger charge is -2.17. The number of hydrogen-bond acceptors (Lipinski definition) is 3. The van der Waals surface area contributed by atoms with Crippen molar-refractivity contribution in [3.05, 3.63) is 23.8 Å². The van der Waals surface area contributed by atoms with Crippen LogP contribution in [0.2, 0.25) is 0 Å². The molecule has 1 aliphatic rings. The molecule has 0 aromatic heterocycles. The van der Waals surface area contributed by atoms with Crippen LogP contribution in [0.4, 0.5) is 24.5 Å². The first-order chi connectivity index (χ1) is 9.82. The Morgan fingerprint density at radius 2 is 2.19 bits per heavy atom. The van der Waals surface area contributed by atoms with Crippen LogP contribution in [0.15, 0.2) is 18.2 Å². The van der Waals surface area contributed by atoms with E-state index in [0.29, 0.717) is 19.4 Å². The summed E-state index contributed by atoms with van der Waals surface area (Å²) < 4.78 is 43.1. The van der Waals surface area contributed by atoms with Crippen molar-refractivity contribution in [3.8, 4) is 0 Å². The number of nitrogen functional groups attached to an aromatic ring is 1. The highest BCUT2D eigenvalue weighted by Crippen LogP contribution is 2.33. The van der Waals surface area contributed by atoms with Crippen molar-refractivity contribution in [1.29, 1.82) is 0 Å². The van der Waals surface area contributed by atoms with Crippen LogP contribution in [0, 0.1) is 5.92 Å². The molecule has 1 aromatic carbocycles. The van der Waals surface area contributed by atoms with Gasteiger partial charge in [-0.15, -0.1) is 0 Å². The van der Waals surface area contributed by atoms with Gasteiger partial charge in [0.15, 0.2) is 0 Å². The molecule has 0 spiro atoms. The van der Waals surface area contributed by atoms with Crippen molar-refractivity contribution in [2.45, 2.75) is 32.0 Å². The molecule has 3 N–H and O–H groups in total. The number of anilines is 2. The number of nitrogens with one attached hydrogen (secondary N) is 1. The maximum absolute atomic E-state index is 12.5. The molecule has 1 saturated heterocycles. The number of rotatable bonds is 3. The van der Waals surface area contributed by atoms with Crippen LogP contribution in [0.25, 0.3) is 0 Å². The molecule has 1 aliphatic heterocycles. The number of nitrogens with two attached hydrogens (primary N) is 1. The Kier molecular flexibility index (Phi) is 4.41. The van der Waals surface area contributed by atoms with Crippen LogP contribution in [0.3, 0.4) is 0 Å².